The molecule has 1 aromatic carbocycles. The summed E-state index contributed by atoms with van der Waals surface area (Å²) in [5.41, 5.74) is 0.750. The van der Waals surface area contributed by atoms with Gasteiger partial charge in [-0.2, -0.15) is 0 Å². The lowest BCUT2D eigenvalue weighted by Crippen LogP contribution is -2.53. The number of urea groups is 1. The van der Waals surface area contributed by atoms with Gasteiger partial charge in [-0.1, -0.05) is 31.9 Å². The smallest absolute Gasteiger partial charge is 0.329 e. The molecule has 0 saturated heterocycles. The number of hydrogen-bond acceptors (Lipinski definition) is 2. The fraction of sp³-hybridized carbons (Fsp3) is 0.467. The number of carboxylic acids is 1. The maximum absolute atomic E-state index is 11.9. The predicted molar refractivity (Wildman–Crippen MR) is 76.8 cm³/mol. The highest BCUT2D eigenvalue weighted by Crippen LogP contribution is 2.30. The van der Waals surface area contributed by atoms with Crippen LogP contribution in [-0.2, 0) is 11.2 Å². The van der Waals surface area contributed by atoms with E-state index in [0.717, 1.165) is 19.3 Å². The average molecular weight is 276 g/mol. The van der Waals surface area contributed by atoms with Crippen molar-refractivity contribution in [2.75, 3.05) is 5.32 Å². The van der Waals surface area contributed by atoms with Gasteiger partial charge in [0.2, 0.25) is 0 Å². The van der Waals surface area contributed by atoms with Crippen LogP contribution in [0.2, 0.25) is 0 Å². The number of carbonyl (C=O) groups is 2. The van der Waals surface area contributed by atoms with Crippen molar-refractivity contribution in [3.8, 4) is 0 Å². The Morgan fingerprint density at radius 2 is 1.80 bits per heavy atom. The van der Waals surface area contributed by atoms with Crippen molar-refractivity contribution >= 4 is 17.7 Å². The summed E-state index contributed by atoms with van der Waals surface area (Å²) < 4.78 is 0. The van der Waals surface area contributed by atoms with Crippen LogP contribution in [0.15, 0.2) is 24.3 Å². The predicted octanol–water partition coefficient (Wildman–Crippen LogP) is 2.77. The molecular weight excluding hydrogens is 256 g/mol. The number of rotatable bonds is 4. The molecule has 1 fully saturated rings. The average Bonchev–Trinajstić information content (AvgIpc) is 2.89. The molecule has 0 radical (unpaired) electrons. The minimum atomic E-state index is -1.10. The summed E-state index contributed by atoms with van der Waals surface area (Å²) >= 11 is 0. The van der Waals surface area contributed by atoms with E-state index in [0.29, 0.717) is 18.5 Å². The molecule has 1 aromatic rings. The summed E-state index contributed by atoms with van der Waals surface area (Å²) in [6, 6.07) is 7.07. The van der Waals surface area contributed by atoms with Crippen molar-refractivity contribution in [1.82, 2.24) is 5.32 Å². The zero-order valence-electron chi connectivity index (χ0n) is 11.6. The van der Waals surface area contributed by atoms with E-state index in [4.69, 9.17) is 0 Å². The molecule has 0 atom stereocenters. The first-order valence-electron chi connectivity index (χ1n) is 6.97. The first-order chi connectivity index (χ1) is 9.55. The third kappa shape index (κ3) is 3.10. The van der Waals surface area contributed by atoms with Crippen molar-refractivity contribution in [1.29, 1.82) is 0 Å². The lowest BCUT2D eigenvalue weighted by atomic mass is 9.98. The minimum Gasteiger partial charge on any atom is -0.480 e. The lowest BCUT2D eigenvalue weighted by Gasteiger charge is -2.25. The second kappa shape index (κ2) is 5.94. The molecule has 1 saturated carbocycles. The molecule has 1 aliphatic carbocycles. The van der Waals surface area contributed by atoms with Crippen LogP contribution in [0.3, 0.4) is 0 Å². The Balaban J connectivity index is 1.99. The van der Waals surface area contributed by atoms with Gasteiger partial charge >= 0.3 is 12.0 Å². The highest BCUT2D eigenvalue weighted by molar-refractivity contribution is 5.94. The standard InChI is InChI=1S/C15H20N2O3/c1-2-11-5-7-12(8-6-11)16-14(20)17-15(13(18)19)9-3-4-10-15/h5-8H,2-4,9-10H2,1H3,(H,18,19)(H2,16,17,20). The van der Waals surface area contributed by atoms with Crippen molar-refractivity contribution in [2.45, 2.75) is 44.6 Å². The summed E-state index contributed by atoms with van der Waals surface area (Å²) in [5.74, 6) is -0.952. The molecule has 1 aliphatic rings. The normalized spacial score (nSPS) is 16.6. The highest BCUT2D eigenvalue weighted by Gasteiger charge is 2.42. The maximum Gasteiger partial charge on any atom is 0.329 e. The first kappa shape index (κ1) is 14.4. The Morgan fingerprint density at radius 1 is 1.20 bits per heavy atom. The largest absolute Gasteiger partial charge is 0.480 e. The number of hydrogen-bond donors (Lipinski definition) is 3. The van der Waals surface area contributed by atoms with Gasteiger partial charge in [0.25, 0.3) is 0 Å². The molecule has 0 aliphatic heterocycles. The van der Waals surface area contributed by atoms with Gasteiger partial charge in [0.05, 0.1) is 0 Å². The molecule has 0 spiro atoms. The van der Waals surface area contributed by atoms with Crippen LogP contribution < -0.4 is 10.6 Å². The Morgan fingerprint density at radius 3 is 2.30 bits per heavy atom. The quantitative estimate of drug-likeness (QED) is 0.791. The van der Waals surface area contributed by atoms with Gasteiger partial charge < -0.3 is 15.7 Å². The Kier molecular flexibility index (Phi) is 4.27. The van der Waals surface area contributed by atoms with E-state index in [1.807, 2.05) is 24.3 Å². The number of anilines is 1. The van der Waals surface area contributed by atoms with Gasteiger partial charge in [0.1, 0.15) is 5.54 Å². The molecule has 0 aromatic heterocycles. The van der Waals surface area contributed by atoms with E-state index in [1.165, 1.54) is 5.56 Å². The van der Waals surface area contributed by atoms with Crippen LogP contribution in [0, 0.1) is 0 Å². The van der Waals surface area contributed by atoms with Gasteiger partial charge in [0, 0.05) is 5.69 Å². The summed E-state index contributed by atoms with van der Waals surface area (Å²) in [6.45, 7) is 2.06. The van der Waals surface area contributed by atoms with Gasteiger partial charge in [-0.25, -0.2) is 9.59 Å². The number of nitrogens with one attached hydrogen (secondary N) is 2. The van der Waals surface area contributed by atoms with Gasteiger partial charge in [-0.3, -0.25) is 0 Å². The van der Waals surface area contributed by atoms with E-state index >= 15 is 0 Å². The summed E-state index contributed by atoms with van der Waals surface area (Å²) in [6.07, 6.45) is 3.58. The molecule has 20 heavy (non-hydrogen) atoms. The van der Waals surface area contributed by atoms with E-state index in [2.05, 4.69) is 17.6 Å². The third-order valence-electron chi connectivity index (χ3n) is 3.84. The van der Waals surface area contributed by atoms with E-state index in [-0.39, 0.29) is 0 Å². The second-order valence-electron chi connectivity index (χ2n) is 5.22. The van der Waals surface area contributed by atoms with Gasteiger partial charge in [-0.15, -0.1) is 0 Å². The lowest BCUT2D eigenvalue weighted by molar-refractivity contribution is -0.144. The fourth-order valence-electron chi connectivity index (χ4n) is 2.57. The minimum absolute atomic E-state index is 0.460. The fourth-order valence-corrected chi connectivity index (χ4v) is 2.57. The summed E-state index contributed by atoms with van der Waals surface area (Å²) in [7, 11) is 0. The SMILES string of the molecule is CCc1ccc(NC(=O)NC2(C(=O)O)CCCC2)cc1. The van der Waals surface area contributed by atoms with Crippen molar-refractivity contribution in [3.05, 3.63) is 29.8 Å². The van der Waals surface area contributed by atoms with Crippen molar-refractivity contribution in [3.63, 3.8) is 0 Å². The van der Waals surface area contributed by atoms with Crippen LogP contribution in [-0.4, -0.2) is 22.6 Å². The molecule has 0 bridgehead atoms. The molecular formula is C15H20N2O3. The number of aliphatic carboxylic acids is 1. The molecule has 2 amide bonds. The molecule has 5 heteroatoms. The molecule has 108 valence electrons. The van der Waals surface area contributed by atoms with E-state index < -0.39 is 17.5 Å². The topological polar surface area (TPSA) is 78.4 Å². The number of aryl methyl sites for hydroxylation is 1. The number of benzene rings is 1. The third-order valence-corrected chi connectivity index (χ3v) is 3.84. The summed E-state index contributed by atoms with van der Waals surface area (Å²) in [4.78, 5) is 23.3. The first-order valence-corrected chi connectivity index (χ1v) is 6.97. The monoisotopic (exact) mass is 276 g/mol. The second-order valence-corrected chi connectivity index (χ2v) is 5.22. The number of amides is 2. The van der Waals surface area contributed by atoms with Gasteiger partial charge in [-0.05, 0) is 37.0 Å². The summed E-state index contributed by atoms with van der Waals surface area (Å²) in [5, 5.41) is 14.6. The van der Waals surface area contributed by atoms with Crippen LogP contribution in [0.5, 0.6) is 0 Å². The van der Waals surface area contributed by atoms with Gasteiger partial charge in [0.15, 0.2) is 0 Å². The molecule has 3 N–H and O–H groups in total. The van der Waals surface area contributed by atoms with Crippen molar-refractivity contribution < 1.29 is 14.7 Å². The molecule has 5 nitrogen and oxygen atoms in total. The number of carbonyl (C=O) groups excluding carboxylic acids is 1. The molecule has 0 unspecified atom stereocenters. The zero-order valence-corrected chi connectivity index (χ0v) is 11.6. The highest BCUT2D eigenvalue weighted by atomic mass is 16.4. The van der Waals surface area contributed by atoms with Crippen LogP contribution in [0.1, 0.15) is 38.2 Å². The van der Waals surface area contributed by atoms with E-state index in [9.17, 15) is 14.7 Å². The Labute approximate surface area is 118 Å². The molecule has 0 heterocycles. The van der Waals surface area contributed by atoms with Crippen molar-refractivity contribution in [2.24, 2.45) is 0 Å². The van der Waals surface area contributed by atoms with Crippen LogP contribution in [0.25, 0.3) is 0 Å². The Hall–Kier alpha value is -2.04. The molecule has 2 rings (SSSR count). The van der Waals surface area contributed by atoms with Crippen LogP contribution >= 0.6 is 0 Å². The van der Waals surface area contributed by atoms with Crippen LogP contribution in [0.4, 0.5) is 10.5 Å². The van der Waals surface area contributed by atoms with E-state index in [1.54, 1.807) is 0 Å². The zero-order chi connectivity index (χ0) is 14.6. The Bertz CT molecular complexity index is 490. The maximum atomic E-state index is 11.9. The number of carboxylic acid groups (broad SMARTS) is 1.